The Morgan fingerprint density at radius 3 is 2.78 bits per heavy atom. The van der Waals surface area contributed by atoms with Gasteiger partial charge in [0, 0.05) is 13.6 Å². The van der Waals surface area contributed by atoms with E-state index in [1.165, 1.54) is 31.3 Å². The number of hydrogen-bond acceptors (Lipinski definition) is 6. The Balaban J connectivity index is 2.30. The van der Waals surface area contributed by atoms with Gasteiger partial charge in [-0.25, -0.2) is 4.79 Å². The summed E-state index contributed by atoms with van der Waals surface area (Å²) in [6, 6.07) is 0. The standard InChI is InChI=1S/C12H18N2O2S2/c1-14(6-7-4-5-7)11-9(17-3)8(13)10(18-11)12(15)16-2/h7H,4-6,13H2,1-3H3. The van der Waals surface area contributed by atoms with Gasteiger partial charge >= 0.3 is 5.97 Å². The molecule has 6 heteroatoms. The van der Waals surface area contributed by atoms with Gasteiger partial charge in [-0.05, 0) is 25.0 Å². The molecular formula is C12H18N2O2S2. The molecule has 2 rings (SSSR count). The van der Waals surface area contributed by atoms with Crippen LogP contribution in [0.5, 0.6) is 0 Å². The van der Waals surface area contributed by atoms with Crippen molar-refractivity contribution >= 4 is 39.8 Å². The second kappa shape index (κ2) is 5.40. The molecule has 100 valence electrons. The van der Waals surface area contributed by atoms with E-state index in [0.29, 0.717) is 10.6 Å². The first-order valence-corrected chi connectivity index (χ1v) is 7.88. The summed E-state index contributed by atoms with van der Waals surface area (Å²) in [4.78, 5) is 15.4. The number of carbonyl (C=O) groups is 1. The van der Waals surface area contributed by atoms with Gasteiger partial charge in [0.25, 0.3) is 0 Å². The number of rotatable bonds is 5. The number of ether oxygens (including phenoxy) is 1. The number of esters is 1. The Morgan fingerprint density at radius 2 is 2.28 bits per heavy atom. The third kappa shape index (κ3) is 2.59. The van der Waals surface area contributed by atoms with Crippen LogP contribution in [0.3, 0.4) is 0 Å². The van der Waals surface area contributed by atoms with Crippen LogP contribution in [-0.2, 0) is 4.74 Å². The van der Waals surface area contributed by atoms with Crippen LogP contribution in [0.15, 0.2) is 4.90 Å². The van der Waals surface area contributed by atoms with Crippen molar-refractivity contribution in [3.05, 3.63) is 4.88 Å². The van der Waals surface area contributed by atoms with Crippen molar-refractivity contribution in [1.82, 2.24) is 0 Å². The second-order valence-corrected chi connectivity index (χ2v) is 6.31. The van der Waals surface area contributed by atoms with E-state index in [4.69, 9.17) is 10.5 Å². The minimum atomic E-state index is -0.348. The fourth-order valence-corrected chi connectivity index (χ4v) is 3.98. The first-order chi connectivity index (χ1) is 8.58. The summed E-state index contributed by atoms with van der Waals surface area (Å²) in [6.07, 6.45) is 4.60. The molecule has 4 nitrogen and oxygen atoms in total. The third-order valence-electron chi connectivity index (χ3n) is 3.03. The fraction of sp³-hybridized carbons (Fsp3) is 0.583. The maximum Gasteiger partial charge on any atom is 0.350 e. The van der Waals surface area contributed by atoms with Crippen LogP contribution in [0.2, 0.25) is 0 Å². The molecule has 1 aromatic rings. The SMILES string of the molecule is COC(=O)c1sc(N(C)CC2CC2)c(SC)c1N. The molecule has 0 amide bonds. The Hall–Kier alpha value is -0.880. The number of thiophene rings is 1. The lowest BCUT2D eigenvalue weighted by molar-refractivity contribution is 0.0607. The maximum atomic E-state index is 11.7. The lowest BCUT2D eigenvalue weighted by atomic mass is 10.3. The normalized spacial score (nSPS) is 14.6. The smallest absolute Gasteiger partial charge is 0.350 e. The predicted octanol–water partition coefficient (Wildman–Crippen LogP) is 2.69. The van der Waals surface area contributed by atoms with E-state index in [1.807, 2.05) is 6.26 Å². The van der Waals surface area contributed by atoms with E-state index >= 15 is 0 Å². The molecule has 0 aliphatic heterocycles. The molecule has 18 heavy (non-hydrogen) atoms. The second-order valence-electron chi connectivity index (χ2n) is 4.50. The molecule has 1 aliphatic rings. The van der Waals surface area contributed by atoms with E-state index in [-0.39, 0.29) is 5.97 Å². The van der Waals surface area contributed by atoms with Crippen molar-refractivity contribution in [3.63, 3.8) is 0 Å². The molecule has 1 fully saturated rings. The van der Waals surface area contributed by atoms with E-state index in [9.17, 15) is 4.79 Å². The zero-order chi connectivity index (χ0) is 13.3. The van der Waals surface area contributed by atoms with Crippen molar-refractivity contribution in [2.24, 2.45) is 5.92 Å². The summed E-state index contributed by atoms with van der Waals surface area (Å²) in [5, 5.41) is 1.08. The minimum absolute atomic E-state index is 0.348. The summed E-state index contributed by atoms with van der Waals surface area (Å²) in [5.41, 5.74) is 6.59. The zero-order valence-electron chi connectivity index (χ0n) is 10.9. The van der Waals surface area contributed by atoms with Crippen LogP contribution < -0.4 is 10.6 Å². The third-order valence-corrected chi connectivity index (χ3v) is 5.28. The van der Waals surface area contributed by atoms with Crippen LogP contribution in [0.1, 0.15) is 22.5 Å². The number of nitrogens with zero attached hydrogens (tertiary/aromatic N) is 1. The van der Waals surface area contributed by atoms with Gasteiger partial charge in [0.15, 0.2) is 0 Å². The lowest BCUT2D eigenvalue weighted by Gasteiger charge is -2.18. The molecule has 0 saturated heterocycles. The minimum Gasteiger partial charge on any atom is -0.465 e. The molecule has 1 heterocycles. The molecule has 1 saturated carbocycles. The highest BCUT2D eigenvalue weighted by atomic mass is 32.2. The Kier molecular flexibility index (Phi) is 4.07. The molecule has 0 radical (unpaired) electrons. The summed E-state index contributed by atoms with van der Waals surface area (Å²) < 4.78 is 4.77. The highest BCUT2D eigenvalue weighted by Gasteiger charge is 2.27. The Bertz CT molecular complexity index is 455. The first-order valence-electron chi connectivity index (χ1n) is 5.84. The Labute approximate surface area is 115 Å². The van der Waals surface area contributed by atoms with Crippen molar-refractivity contribution in [3.8, 4) is 0 Å². The highest BCUT2D eigenvalue weighted by molar-refractivity contribution is 7.99. The molecule has 2 N–H and O–H groups in total. The predicted molar refractivity (Wildman–Crippen MR) is 77.8 cm³/mol. The molecule has 0 unspecified atom stereocenters. The molecule has 0 bridgehead atoms. The average molecular weight is 286 g/mol. The van der Waals surface area contributed by atoms with Gasteiger partial charge in [-0.3, -0.25) is 0 Å². The van der Waals surface area contributed by atoms with Crippen LogP contribution >= 0.6 is 23.1 Å². The van der Waals surface area contributed by atoms with Crippen molar-refractivity contribution in [2.45, 2.75) is 17.7 Å². The van der Waals surface area contributed by atoms with Gasteiger partial charge < -0.3 is 15.4 Å². The summed E-state index contributed by atoms with van der Waals surface area (Å²) in [6.45, 7) is 1.04. The van der Waals surface area contributed by atoms with Crippen LogP contribution in [0, 0.1) is 5.92 Å². The van der Waals surface area contributed by atoms with Crippen LogP contribution in [-0.4, -0.2) is 32.9 Å². The Morgan fingerprint density at radius 1 is 1.61 bits per heavy atom. The van der Waals surface area contributed by atoms with Crippen molar-refractivity contribution in [2.75, 3.05) is 37.6 Å². The van der Waals surface area contributed by atoms with Gasteiger partial charge in [-0.1, -0.05) is 0 Å². The van der Waals surface area contributed by atoms with E-state index < -0.39 is 0 Å². The van der Waals surface area contributed by atoms with Gasteiger partial charge in [-0.15, -0.1) is 23.1 Å². The van der Waals surface area contributed by atoms with Gasteiger partial charge in [-0.2, -0.15) is 0 Å². The number of methoxy groups -OCH3 is 1. The van der Waals surface area contributed by atoms with Crippen LogP contribution in [0.25, 0.3) is 0 Å². The zero-order valence-corrected chi connectivity index (χ0v) is 12.5. The van der Waals surface area contributed by atoms with Gasteiger partial charge in [0.05, 0.1) is 17.7 Å². The van der Waals surface area contributed by atoms with Gasteiger partial charge in [0.1, 0.15) is 9.88 Å². The van der Waals surface area contributed by atoms with E-state index in [0.717, 1.165) is 22.4 Å². The number of nitrogens with two attached hydrogens (primary N) is 1. The molecule has 1 aromatic heterocycles. The first kappa shape index (κ1) is 13.5. The largest absolute Gasteiger partial charge is 0.465 e. The average Bonchev–Trinajstić information content (AvgIpc) is 3.10. The number of anilines is 2. The number of hydrogen-bond donors (Lipinski definition) is 1. The maximum absolute atomic E-state index is 11.7. The van der Waals surface area contributed by atoms with Gasteiger partial charge in [0.2, 0.25) is 0 Å². The van der Waals surface area contributed by atoms with Crippen LogP contribution in [0.4, 0.5) is 10.7 Å². The number of thioether (sulfide) groups is 1. The fourth-order valence-electron chi connectivity index (χ4n) is 1.88. The highest BCUT2D eigenvalue weighted by Crippen LogP contribution is 2.44. The van der Waals surface area contributed by atoms with Crippen molar-refractivity contribution in [1.29, 1.82) is 0 Å². The monoisotopic (exact) mass is 286 g/mol. The molecule has 0 aromatic carbocycles. The van der Waals surface area contributed by atoms with Crippen molar-refractivity contribution < 1.29 is 9.53 Å². The summed E-state index contributed by atoms with van der Waals surface area (Å²) >= 11 is 3.01. The number of nitrogen functional groups attached to an aromatic ring is 1. The van der Waals surface area contributed by atoms with E-state index in [1.54, 1.807) is 11.8 Å². The number of carbonyl (C=O) groups excluding carboxylic acids is 1. The summed E-state index contributed by atoms with van der Waals surface area (Å²) in [7, 11) is 3.44. The van der Waals surface area contributed by atoms with E-state index in [2.05, 4.69) is 11.9 Å². The lowest BCUT2D eigenvalue weighted by Crippen LogP contribution is -2.19. The molecule has 0 atom stereocenters. The molecule has 1 aliphatic carbocycles. The topological polar surface area (TPSA) is 55.6 Å². The molecule has 0 spiro atoms. The summed E-state index contributed by atoms with van der Waals surface area (Å²) in [5.74, 6) is 0.452. The molecular weight excluding hydrogens is 268 g/mol. The quantitative estimate of drug-likeness (QED) is 0.666.